The average Bonchev–Trinajstić information content (AvgIpc) is 2.82. The summed E-state index contributed by atoms with van der Waals surface area (Å²) < 4.78 is 110. The zero-order valence-corrected chi connectivity index (χ0v) is 19.0. The minimum Gasteiger partial charge on any atom is -0.435 e. The van der Waals surface area contributed by atoms with E-state index in [-0.39, 0.29) is 24.2 Å². The van der Waals surface area contributed by atoms with E-state index in [9.17, 15) is 40.2 Å². The molecule has 11 heteroatoms. The summed E-state index contributed by atoms with van der Waals surface area (Å²) in [6.45, 7) is -3.96. The number of hydrogen-bond acceptors (Lipinski definition) is 3. The first-order valence-corrected chi connectivity index (χ1v) is 11.2. The molecule has 0 radical (unpaired) electrons. The van der Waals surface area contributed by atoms with Crippen molar-refractivity contribution in [2.24, 2.45) is 0 Å². The van der Waals surface area contributed by atoms with Crippen LogP contribution in [0.25, 0.3) is 11.1 Å². The third-order valence-corrected chi connectivity index (χ3v) is 6.22. The number of hydrogen-bond donors (Lipinski definition) is 1. The van der Waals surface area contributed by atoms with Crippen LogP contribution in [0.15, 0.2) is 66.7 Å². The molecule has 1 heterocycles. The fourth-order valence-electron chi connectivity index (χ4n) is 4.60. The number of alkyl halides is 8. The maximum absolute atomic E-state index is 13.3. The Morgan fingerprint density at radius 3 is 2.30 bits per heavy atom. The molecule has 4 rings (SSSR count). The summed E-state index contributed by atoms with van der Waals surface area (Å²) in [5, 5.41) is 9.90. The molecule has 0 saturated heterocycles. The van der Waals surface area contributed by atoms with Gasteiger partial charge in [-0.05, 0) is 65.4 Å². The summed E-state index contributed by atoms with van der Waals surface area (Å²) >= 11 is 0. The minimum absolute atomic E-state index is 0.174. The summed E-state index contributed by atoms with van der Waals surface area (Å²) in [5.74, 6) is -0.174. The molecule has 0 amide bonds. The number of aliphatic hydroxyl groups excluding tert-OH is 1. The molecule has 198 valence electrons. The molecule has 3 aromatic rings. The molecular weight excluding hydrogens is 510 g/mol. The smallest absolute Gasteiger partial charge is 0.416 e. The maximum Gasteiger partial charge on any atom is 0.416 e. The second kappa shape index (κ2) is 10.2. The van der Waals surface area contributed by atoms with Gasteiger partial charge in [0.2, 0.25) is 0 Å². The standard InChI is InChI=1S/C26H21F8NO2/c27-24(28)37-18-7-2-5-16(13-18)21-11-10-20-19(15-4-1-6-17(12-15)25(29,30)31)8-3-9-22(20)35(21)14-23(36)26(32,33)34/h1-9,12-13,21,23-24,36H,10-11,14H2. The van der Waals surface area contributed by atoms with Crippen LogP contribution in [0.3, 0.4) is 0 Å². The molecule has 0 saturated carbocycles. The summed E-state index contributed by atoms with van der Waals surface area (Å²) in [4.78, 5) is 1.32. The van der Waals surface area contributed by atoms with Crippen LogP contribution < -0.4 is 9.64 Å². The number of fused-ring (bicyclic) bond motifs is 1. The van der Waals surface area contributed by atoms with E-state index in [0.717, 1.165) is 12.1 Å². The topological polar surface area (TPSA) is 32.7 Å². The van der Waals surface area contributed by atoms with E-state index in [1.165, 1.54) is 47.4 Å². The van der Waals surface area contributed by atoms with Gasteiger partial charge in [-0.15, -0.1) is 0 Å². The van der Waals surface area contributed by atoms with Gasteiger partial charge in [-0.25, -0.2) is 0 Å². The van der Waals surface area contributed by atoms with Crippen LogP contribution in [-0.4, -0.2) is 30.5 Å². The molecule has 3 aromatic carbocycles. The Kier molecular flexibility index (Phi) is 7.36. The van der Waals surface area contributed by atoms with Crippen molar-refractivity contribution in [2.45, 2.75) is 44.0 Å². The highest BCUT2D eigenvalue weighted by Gasteiger charge is 2.42. The van der Waals surface area contributed by atoms with Crippen LogP contribution in [0.4, 0.5) is 40.8 Å². The molecule has 1 N–H and O–H groups in total. The second-order valence-electron chi connectivity index (χ2n) is 8.60. The molecule has 2 atom stereocenters. The molecule has 0 bridgehead atoms. The van der Waals surface area contributed by atoms with Crippen molar-refractivity contribution in [1.82, 2.24) is 0 Å². The van der Waals surface area contributed by atoms with E-state index in [4.69, 9.17) is 0 Å². The van der Waals surface area contributed by atoms with Crippen molar-refractivity contribution in [3.63, 3.8) is 0 Å². The van der Waals surface area contributed by atoms with Gasteiger partial charge in [0.25, 0.3) is 0 Å². The average molecular weight is 531 g/mol. The van der Waals surface area contributed by atoms with Gasteiger partial charge in [0.1, 0.15) is 5.75 Å². The molecule has 0 fully saturated rings. The van der Waals surface area contributed by atoms with Crippen LogP contribution in [0.5, 0.6) is 5.75 Å². The van der Waals surface area contributed by atoms with Crippen LogP contribution in [0.2, 0.25) is 0 Å². The number of β-amino-alcohol motifs (C(OH)–C–C–N with tert-alkyl or cyclic N) is 1. The highest BCUT2D eigenvalue weighted by atomic mass is 19.4. The predicted octanol–water partition coefficient (Wildman–Crippen LogP) is 7.39. The first kappa shape index (κ1) is 26.7. The van der Waals surface area contributed by atoms with Gasteiger partial charge in [0, 0.05) is 5.69 Å². The van der Waals surface area contributed by atoms with E-state index in [1.54, 1.807) is 12.1 Å². The number of benzene rings is 3. The quantitative estimate of drug-likeness (QED) is 0.337. The lowest BCUT2D eigenvalue weighted by Gasteiger charge is -2.41. The SMILES string of the molecule is OC(CN1c2cccc(-c3cccc(C(F)(F)F)c3)c2CCC1c1cccc(OC(F)F)c1)C(F)(F)F. The lowest BCUT2D eigenvalue weighted by Crippen LogP contribution is -2.44. The van der Waals surface area contributed by atoms with E-state index >= 15 is 0 Å². The zero-order chi connectivity index (χ0) is 27.0. The molecule has 0 spiro atoms. The third kappa shape index (κ3) is 5.98. The number of rotatable bonds is 6. The Morgan fingerprint density at radius 2 is 1.62 bits per heavy atom. The van der Waals surface area contributed by atoms with Gasteiger partial charge in [0.15, 0.2) is 6.10 Å². The number of ether oxygens (including phenoxy) is 1. The largest absolute Gasteiger partial charge is 0.435 e. The number of nitrogens with zero attached hydrogens (tertiary/aromatic N) is 1. The molecular formula is C26H21F8NO2. The zero-order valence-electron chi connectivity index (χ0n) is 19.0. The predicted molar refractivity (Wildman–Crippen MR) is 120 cm³/mol. The highest BCUT2D eigenvalue weighted by Crippen LogP contribution is 2.44. The fraction of sp³-hybridized carbons (Fsp3) is 0.308. The number of aliphatic hydroxyl groups is 1. The summed E-state index contributed by atoms with van der Waals surface area (Å²) in [6.07, 6.45) is -11.7. The lowest BCUT2D eigenvalue weighted by molar-refractivity contribution is -0.200. The van der Waals surface area contributed by atoms with Gasteiger partial charge in [-0.2, -0.15) is 35.1 Å². The molecule has 1 aliphatic rings. The molecule has 2 unspecified atom stereocenters. The van der Waals surface area contributed by atoms with E-state index in [1.807, 2.05) is 0 Å². The Morgan fingerprint density at radius 1 is 0.919 bits per heavy atom. The van der Waals surface area contributed by atoms with Crippen molar-refractivity contribution in [3.8, 4) is 16.9 Å². The Bertz CT molecular complexity index is 1240. The maximum atomic E-state index is 13.3. The van der Waals surface area contributed by atoms with E-state index in [0.29, 0.717) is 22.4 Å². The molecule has 0 aliphatic carbocycles. The van der Waals surface area contributed by atoms with Crippen molar-refractivity contribution < 1.29 is 45.0 Å². The first-order valence-electron chi connectivity index (χ1n) is 11.2. The van der Waals surface area contributed by atoms with Crippen molar-refractivity contribution in [3.05, 3.63) is 83.4 Å². The second-order valence-corrected chi connectivity index (χ2v) is 8.60. The van der Waals surface area contributed by atoms with E-state index < -0.39 is 43.2 Å². The Labute approximate surface area is 206 Å². The van der Waals surface area contributed by atoms with Gasteiger partial charge >= 0.3 is 19.0 Å². The molecule has 37 heavy (non-hydrogen) atoms. The van der Waals surface area contributed by atoms with Crippen molar-refractivity contribution in [1.29, 1.82) is 0 Å². The van der Waals surface area contributed by atoms with Gasteiger partial charge < -0.3 is 14.7 Å². The summed E-state index contributed by atoms with van der Waals surface area (Å²) in [6, 6.07) is 14.1. The monoisotopic (exact) mass is 531 g/mol. The summed E-state index contributed by atoms with van der Waals surface area (Å²) in [5.41, 5.74) is 1.01. The third-order valence-electron chi connectivity index (χ3n) is 6.22. The Balaban J connectivity index is 1.79. The lowest BCUT2D eigenvalue weighted by atomic mass is 9.86. The first-order chi connectivity index (χ1) is 17.3. The molecule has 3 nitrogen and oxygen atoms in total. The van der Waals surface area contributed by atoms with Crippen LogP contribution in [0.1, 0.15) is 29.2 Å². The van der Waals surface area contributed by atoms with Crippen molar-refractivity contribution >= 4 is 5.69 Å². The summed E-state index contributed by atoms with van der Waals surface area (Å²) in [7, 11) is 0. The Hall–Kier alpha value is -3.34. The fourth-order valence-corrected chi connectivity index (χ4v) is 4.60. The van der Waals surface area contributed by atoms with Crippen molar-refractivity contribution in [2.75, 3.05) is 11.4 Å². The molecule has 0 aromatic heterocycles. The van der Waals surface area contributed by atoms with Gasteiger partial charge in [0.05, 0.1) is 18.2 Å². The normalized spacial score (nSPS) is 17.0. The number of anilines is 1. The van der Waals surface area contributed by atoms with Crippen LogP contribution >= 0.6 is 0 Å². The van der Waals surface area contributed by atoms with Crippen LogP contribution in [0, 0.1) is 0 Å². The highest BCUT2D eigenvalue weighted by molar-refractivity contribution is 5.76. The van der Waals surface area contributed by atoms with E-state index in [2.05, 4.69) is 4.74 Å². The van der Waals surface area contributed by atoms with Gasteiger partial charge in [-0.3, -0.25) is 0 Å². The van der Waals surface area contributed by atoms with Gasteiger partial charge in [-0.1, -0.05) is 36.4 Å². The number of halogens is 8. The minimum atomic E-state index is -4.93. The van der Waals surface area contributed by atoms with Crippen LogP contribution in [-0.2, 0) is 12.6 Å². The molecule has 1 aliphatic heterocycles.